The summed E-state index contributed by atoms with van der Waals surface area (Å²) in [5.74, 6) is 0.666. The Kier molecular flexibility index (Phi) is 6.51. The van der Waals surface area contributed by atoms with Crippen LogP contribution in [0.15, 0.2) is 36.7 Å². The number of nitrogens with one attached hydrogen (secondary N) is 2. The molecule has 1 aliphatic rings. The molecule has 0 saturated carbocycles. The van der Waals surface area contributed by atoms with Gasteiger partial charge in [-0.05, 0) is 25.1 Å². The van der Waals surface area contributed by atoms with Gasteiger partial charge in [0.1, 0.15) is 5.69 Å². The van der Waals surface area contributed by atoms with Crippen LogP contribution >= 0.6 is 0 Å². The average Bonchev–Trinajstić information content (AvgIpc) is 2.72. The second-order valence-electron chi connectivity index (χ2n) is 6.14. The number of hydrogen-bond acceptors (Lipinski definition) is 6. The average molecular weight is 355 g/mol. The van der Waals surface area contributed by atoms with E-state index in [0.717, 1.165) is 50.5 Å². The number of ether oxygens (including phenoxy) is 1. The Morgan fingerprint density at radius 1 is 1.15 bits per heavy atom. The first-order chi connectivity index (χ1) is 12.8. The summed E-state index contributed by atoms with van der Waals surface area (Å²) >= 11 is 0. The highest BCUT2D eigenvalue weighted by molar-refractivity contribution is 5.94. The summed E-state index contributed by atoms with van der Waals surface area (Å²) in [6.45, 7) is 5.23. The van der Waals surface area contributed by atoms with Crippen molar-refractivity contribution in [2.24, 2.45) is 0 Å². The van der Waals surface area contributed by atoms with Crippen molar-refractivity contribution in [3.05, 3.63) is 42.2 Å². The Morgan fingerprint density at radius 2 is 1.88 bits per heavy atom. The number of carbonyl (C=O) groups is 1. The van der Waals surface area contributed by atoms with Gasteiger partial charge in [0, 0.05) is 50.2 Å². The first kappa shape index (κ1) is 18.3. The van der Waals surface area contributed by atoms with Crippen LogP contribution in [0.4, 0.5) is 5.82 Å². The molecule has 7 heteroatoms. The number of morpholine rings is 1. The minimum absolute atomic E-state index is 0.0495. The fourth-order valence-electron chi connectivity index (χ4n) is 2.94. The van der Waals surface area contributed by atoms with Crippen LogP contribution in [0.1, 0.15) is 16.8 Å². The van der Waals surface area contributed by atoms with E-state index in [-0.39, 0.29) is 5.91 Å². The van der Waals surface area contributed by atoms with Crippen LogP contribution in [-0.2, 0) is 4.74 Å². The summed E-state index contributed by atoms with van der Waals surface area (Å²) in [5.41, 5.74) is 2.34. The van der Waals surface area contributed by atoms with Gasteiger partial charge in [-0.15, -0.1) is 0 Å². The third-order valence-electron chi connectivity index (χ3n) is 4.40. The number of anilines is 1. The molecule has 0 atom stereocenters. The molecule has 1 amide bonds. The predicted molar refractivity (Wildman–Crippen MR) is 101 cm³/mol. The molecule has 0 spiro atoms. The van der Waals surface area contributed by atoms with Gasteiger partial charge in [-0.2, -0.15) is 0 Å². The molecule has 1 saturated heterocycles. The van der Waals surface area contributed by atoms with E-state index >= 15 is 0 Å². The van der Waals surface area contributed by atoms with Gasteiger partial charge in [0.25, 0.3) is 5.91 Å². The van der Waals surface area contributed by atoms with Crippen molar-refractivity contribution in [3.63, 3.8) is 0 Å². The van der Waals surface area contributed by atoms with Crippen molar-refractivity contribution >= 4 is 11.7 Å². The molecule has 0 radical (unpaired) electrons. The molecule has 26 heavy (non-hydrogen) atoms. The number of hydrogen-bond donors (Lipinski definition) is 2. The maximum atomic E-state index is 12.3. The van der Waals surface area contributed by atoms with Gasteiger partial charge in [-0.25, -0.2) is 4.98 Å². The van der Waals surface area contributed by atoms with Crippen molar-refractivity contribution in [2.45, 2.75) is 6.42 Å². The van der Waals surface area contributed by atoms with Crippen LogP contribution in [-0.4, -0.2) is 67.2 Å². The molecule has 0 unspecified atom stereocenters. The van der Waals surface area contributed by atoms with Gasteiger partial charge in [-0.1, -0.05) is 12.1 Å². The summed E-state index contributed by atoms with van der Waals surface area (Å²) in [6.07, 6.45) is 4.24. The number of nitrogens with zero attached hydrogens (tertiary/aromatic N) is 3. The zero-order valence-corrected chi connectivity index (χ0v) is 15.1. The molecular weight excluding hydrogens is 330 g/mol. The monoisotopic (exact) mass is 355 g/mol. The van der Waals surface area contributed by atoms with Crippen molar-refractivity contribution < 1.29 is 9.53 Å². The Labute approximate surface area is 153 Å². The smallest absolute Gasteiger partial charge is 0.251 e. The molecule has 1 aromatic carbocycles. The van der Waals surface area contributed by atoms with Gasteiger partial charge in [0.2, 0.25) is 0 Å². The molecule has 2 N–H and O–H groups in total. The Morgan fingerprint density at radius 3 is 2.62 bits per heavy atom. The van der Waals surface area contributed by atoms with Gasteiger partial charge in [0.15, 0.2) is 5.82 Å². The van der Waals surface area contributed by atoms with E-state index in [1.807, 2.05) is 31.3 Å². The molecule has 1 fully saturated rings. The van der Waals surface area contributed by atoms with Crippen LogP contribution in [0, 0.1) is 0 Å². The maximum Gasteiger partial charge on any atom is 0.251 e. The topological polar surface area (TPSA) is 79.4 Å². The molecular formula is C19H25N5O2. The van der Waals surface area contributed by atoms with Crippen molar-refractivity contribution in [1.29, 1.82) is 0 Å². The van der Waals surface area contributed by atoms with E-state index in [1.165, 1.54) is 0 Å². The maximum absolute atomic E-state index is 12.3. The molecule has 3 rings (SSSR count). The highest BCUT2D eigenvalue weighted by Crippen LogP contribution is 2.23. The number of benzene rings is 1. The van der Waals surface area contributed by atoms with E-state index in [0.29, 0.717) is 17.9 Å². The lowest BCUT2D eigenvalue weighted by molar-refractivity contribution is 0.0374. The third kappa shape index (κ3) is 4.77. The lowest BCUT2D eigenvalue weighted by Gasteiger charge is -2.26. The van der Waals surface area contributed by atoms with Crippen LogP contribution in [0.2, 0.25) is 0 Å². The van der Waals surface area contributed by atoms with Crippen LogP contribution in [0.25, 0.3) is 11.3 Å². The van der Waals surface area contributed by atoms with Gasteiger partial charge in [-0.3, -0.25) is 14.7 Å². The SMILES string of the molecule is CNc1nccnc1-c1ccc(C(=O)NCCCN2CCOCC2)cc1. The van der Waals surface area contributed by atoms with Crippen molar-refractivity contribution in [1.82, 2.24) is 20.2 Å². The summed E-state index contributed by atoms with van der Waals surface area (Å²) in [7, 11) is 1.81. The quantitative estimate of drug-likeness (QED) is 0.735. The molecule has 0 bridgehead atoms. The lowest BCUT2D eigenvalue weighted by Crippen LogP contribution is -2.38. The second-order valence-corrected chi connectivity index (χ2v) is 6.14. The molecule has 138 valence electrons. The van der Waals surface area contributed by atoms with Gasteiger partial charge < -0.3 is 15.4 Å². The van der Waals surface area contributed by atoms with E-state index in [2.05, 4.69) is 25.5 Å². The van der Waals surface area contributed by atoms with E-state index in [4.69, 9.17) is 4.74 Å². The number of rotatable bonds is 7. The van der Waals surface area contributed by atoms with Crippen LogP contribution in [0.5, 0.6) is 0 Å². The van der Waals surface area contributed by atoms with Crippen LogP contribution < -0.4 is 10.6 Å². The highest BCUT2D eigenvalue weighted by Gasteiger charge is 2.11. The summed E-state index contributed by atoms with van der Waals surface area (Å²) in [4.78, 5) is 23.3. The molecule has 1 aromatic heterocycles. The second kappa shape index (κ2) is 9.26. The Bertz CT molecular complexity index is 714. The van der Waals surface area contributed by atoms with E-state index < -0.39 is 0 Å². The number of carbonyl (C=O) groups excluding carboxylic acids is 1. The zero-order valence-electron chi connectivity index (χ0n) is 15.1. The fourth-order valence-corrected chi connectivity index (χ4v) is 2.94. The minimum Gasteiger partial charge on any atom is -0.379 e. The number of amides is 1. The predicted octanol–water partition coefficient (Wildman–Crippen LogP) is 1.64. The molecule has 0 aliphatic carbocycles. The first-order valence-electron chi connectivity index (χ1n) is 8.95. The normalized spacial score (nSPS) is 14.8. The summed E-state index contributed by atoms with van der Waals surface area (Å²) in [6, 6.07) is 7.43. The molecule has 2 aromatic rings. The molecule has 7 nitrogen and oxygen atoms in total. The standard InChI is InChI=1S/C19H25N5O2/c1-20-18-17(21-8-9-22-18)15-3-5-16(6-4-15)19(25)23-7-2-10-24-11-13-26-14-12-24/h3-6,8-9H,2,7,10-14H2,1H3,(H,20,22)(H,23,25). The third-order valence-corrected chi connectivity index (χ3v) is 4.40. The zero-order chi connectivity index (χ0) is 18.2. The van der Waals surface area contributed by atoms with E-state index in [9.17, 15) is 4.79 Å². The van der Waals surface area contributed by atoms with Crippen LogP contribution in [0.3, 0.4) is 0 Å². The van der Waals surface area contributed by atoms with Gasteiger partial charge in [0.05, 0.1) is 13.2 Å². The lowest BCUT2D eigenvalue weighted by atomic mass is 10.1. The largest absolute Gasteiger partial charge is 0.379 e. The Hall–Kier alpha value is -2.51. The van der Waals surface area contributed by atoms with Crippen molar-refractivity contribution in [2.75, 3.05) is 51.8 Å². The fraction of sp³-hybridized carbons (Fsp3) is 0.421. The van der Waals surface area contributed by atoms with E-state index in [1.54, 1.807) is 12.4 Å². The minimum atomic E-state index is -0.0495. The Balaban J connectivity index is 1.50. The number of aromatic nitrogens is 2. The van der Waals surface area contributed by atoms with Gasteiger partial charge >= 0.3 is 0 Å². The summed E-state index contributed by atoms with van der Waals surface area (Å²) < 4.78 is 5.33. The summed E-state index contributed by atoms with van der Waals surface area (Å²) in [5, 5.41) is 6.01. The molecule has 2 heterocycles. The highest BCUT2D eigenvalue weighted by atomic mass is 16.5. The molecule has 1 aliphatic heterocycles. The first-order valence-corrected chi connectivity index (χ1v) is 8.95. The van der Waals surface area contributed by atoms with Crippen molar-refractivity contribution in [3.8, 4) is 11.3 Å².